The van der Waals surface area contributed by atoms with Crippen LogP contribution < -0.4 is 5.32 Å². The lowest BCUT2D eigenvalue weighted by Crippen LogP contribution is -2.21. The molecule has 1 aliphatic heterocycles. The van der Waals surface area contributed by atoms with E-state index in [-0.39, 0.29) is 17.7 Å². The van der Waals surface area contributed by atoms with Crippen molar-refractivity contribution < 1.29 is 9.59 Å². The fraction of sp³-hybridized carbons (Fsp3) is 0.556. The van der Waals surface area contributed by atoms with Crippen molar-refractivity contribution in [1.29, 1.82) is 0 Å². The molecule has 0 aromatic heterocycles. The van der Waals surface area contributed by atoms with Gasteiger partial charge in [-0.2, -0.15) is 0 Å². The second-order valence-corrected chi connectivity index (χ2v) is 4.42. The molecule has 0 radical (unpaired) electrons. The summed E-state index contributed by atoms with van der Waals surface area (Å²) in [5.41, 5.74) is 0.636. The number of allylic oxidation sites excluding steroid dienone is 1. The summed E-state index contributed by atoms with van der Waals surface area (Å²) in [6, 6.07) is 0. The summed E-state index contributed by atoms with van der Waals surface area (Å²) in [5.74, 6) is 0.224. The van der Waals surface area contributed by atoms with Gasteiger partial charge in [0.25, 0.3) is 5.91 Å². The van der Waals surface area contributed by atoms with E-state index in [1.54, 1.807) is 18.7 Å². The van der Waals surface area contributed by atoms with E-state index in [1.165, 1.54) is 0 Å². The van der Waals surface area contributed by atoms with E-state index in [0.717, 1.165) is 10.7 Å². The summed E-state index contributed by atoms with van der Waals surface area (Å²) < 4.78 is 0. The molecular formula is C9H13NO2S. The highest BCUT2D eigenvalue weighted by Gasteiger charge is 2.33. The summed E-state index contributed by atoms with van der Waals surface area (Å²) in [6.45, 7) is 5.67. The molecule has 1 fully saturated rings. The minimum Gasteiger partial charge on any atom is -0.292 e. The summed E-state index contributed by atoms with van der Waals surface area (Å²) >= 11 is 1.60. The van der Waals surface area contributed by atoms with Gasteiger partial charge in [0, 0.05) is 5.57 Å². The van der Waals surface area contributed by atoms with E-state index >= 15 is 0 Å². The molecule has 0 aromatic rings. The predicted molar refractivity (Wildman–Crippen MR) is 53.1 cm³/mol. The van der Waals surface area contributed by atoms with Crippen LogP contribution in [-0.4, -0.2) is 17.6 Å². The van der Waals surface area contributed by atoms with Gasteiger partial charge in [0.1, 0.15) is 0 Å². The molecule has 1 aliphatic rings. The monoisotopic (exact) mass is 199 g/mol. The molecule has 0 saturated carbocycles. The van der Waals surface area contributed by atoms with E-state index in [4.69, 9.17) is 0 Å². The average molecular weight is 199 g/mol. The molecular weight excluding hydrogens is 186 g/mol. The van der Waals surface area contributed by atoms with Crippen molar-refractivity contribution in [2.75, 3.05) is 5.75 Å². The van der Waals surface area contributed by atoms with Crippen LogP contribution in [0.2, 0.25) is 0 Å². The van der Waals surface area contributed by atoms with Gasteiger partial charge >= 0.3 is 0 Å². The van der Waals surface area contributed by atoms with Gasteiger partial charge in [0.2, 0.25) is 5.91 Å². The maximum atomic E-state index is 11.3. The number of carbonyl (C=O) groups excluding carboxylic acids is 2. The van der Waals surface area contributed by atoms with E-state index in [0.29, 0.717) is 5.57 Å². The van der Waals surface area contributed by atoms with Crippen LogP contribution in [0.1, 0.15) is 20.8 Å². The minimum atomic E-state index is -0.286. The normalized spacial score (nSPS) is 26.2. The van der Waals surface area contributed by atoms with Crippen molar-refractivity contribution in [3.8, 4) is 0 Å². The van der Waals surface area contributed by atoms with Gasteiger partial charge in [-0.05, 0) is 24.5 Å². The van der Waals surface area contributed by atoms with E-state index in [2.05, 4.69) is 5.32 Å². The van der Waals surface area contributed by atoms with Crippen LogP contribution in [-0.2, 0) is 9.59 Å². The van der Waals surface area contributed by atoms with Crippen LogP contribution in [0.25, 0.3) is 0 Å². The van der Waals surface area contributed by atoms with Crippen LogP contribution in [0.3, 0.4) is 0 Å². The zero-order valence-corrected chi connectivity index (χ0v) is 8.83. The first-order chi connectivity index (χ1) is 6.07. The number of carbonyl (C=O) groups is 2. The first-order valence-corrected chi connectivity index (χ1v) is 5.25. The topological polar surface area (TPSA) is 46.2 Å². The number of hydrogen-bond donors (Lipinski definition) is 1. The molecule has 0 bridgehead atoms. The standard InChI is InChI=1S/C9H13NO2S/c1-4-13-6(3)7-5(2)8(11)10-9(7)12/h5H,4H2,1-3H3,(H,10,11,12)/b7-6+. The van der Waals surface area contributed by atoms with Crippen molar-refractivity contribution in [3.63, 3.8) is 0 Å². The van der Waals surface area contributed by atoms with Crippen molar-refractivity contribution in [1.82, 2.24) is 5.32 Å². The molecule has 72 valence electrons. The Morgan fingerprint density at radius 3 is 2.54 bits per heavy atom. The highest BCUT2D eigenvalue weighted by molar-refractivity contribution is 8.03. The third kappa shape index (κ3) is 1.94. The number of thioether (sulfide) groups is 1. The SMILES string of the molecule is CCS/C(C)=C1/C(=O)NC(=O)C1C. The highest BCUT2D eigenvalue weighted by Crippen LogP contribution is 2.27. The van der Waals surface area contributed by atoms with Gasteiger partial charge in [-0.3, -0.25) is 14.9 Å². The fourth-order valence-corrected chi connectivity index (χ4v) is 2.23. The van der Waals surface area contributed by atoms with E-state index in [9.17, 15) is 9.59 Å². The van der Waals surface area contributed by atoms with Crippen molar-refractivity contribution in [3.05, 3.63) is 10.5 Å². The lowest BCUT2D eigenvalue weighted by molar-refractivity contribution is -0.125. The van der Waals surface area contributed by atoms with Gasteiger partial charge < -0.3 is 0 Å². The van der Waals surface area contributed by atoms with E-state index < -0.39 is 0 Å². The third-order valence-electron chi connectivity index (χ3n) is 2.05. The molecule has 1 saturated heterocycles. The van der Waals surface area contributed by atoms with E-state index in [1.807, 2.05) is 13.8 Å². The molecule has 3 nitrogen and oxygen atoms in total. The Bertz CT molecular complexity index is 283. The highest BCUT2D eigenvalue weighted by atomic mass is 32.2. The Morgan fingerprint density at radius 1 is 1.54 bits per heavy atom. The second-order valence-electron chi connectivity index (χ2n) is 2.94. The maximum absolute atomic E-state index is 11.3. The summed E-state index contributed by atoms with van der Waals surface area (Å²) in [7, 11) is 0. The fourth-order valence-electron chi connectivity index (χ4n) is 1.37. The molecule has 1 rings (SSSR count). The molecule has 2 amide bonds. The van der Waals surface area contributed by atoms with Crippen LogP contribution in [0.5, 0.6) is 0 Å². The number of rotatable bonds is 2. The molecule has 13 heavy (non-hydrogen) atoms. The predicted octanol–water partition coefficient (Wildman–Crippen LogP) is 1.31. The lowest BCUT2D eigenvalue weighted by Gasteiger charge is -2.04. The van der Waals surface area contributed by atoms with Gasteiger partial charge in [-0.15, -0.1) is 11.8 Å². The first kappa shape index (κ1) is 10.3. The van der Waals surface area contributed by atoms with Gasteiger partial charge in [0.15, 0.2) is 0 Å². The number of imide groups is 1. The summed E-state index contributed by atoms with van der Waals surface area (Å²) in [5, 5.41) is 2.31. The van der Waals surface area contributed by atoms with Crippen LogP contribution in [0.15, 0.2) is 10.5 Å². The number of nitrogens with one attached hydrogen (secondary N) is 1. The second kappa shape index (κ2) is 3.96. The van der Waals surface area contributed by atoms with Crippen molar-refractivity contribution in [2.24, 2.45) is 5.92 Å². The van der Waals surface area contributed by atoms with Crippen molar-refractivity contribution in [2.45, 2.75) is 20.8 Å². The quantitative estimate of drug-likeness (QED) is 0.538. The lowest BCUT2D eigenvalue weighted by atomic mass is 10.0. The number of hydrogen-bond acceptors (Lipinski definition) is 3. The van der Waals surface area contributed by atoms with Gasteiger partial charge in [0.05, 0.1) is 5.92 Å². The molecule has 0 spiro atoms. The minimum absolute atomic E-state index is 0.184. The van der Waals surface area contributed by atoms with Crippen LogP contribution in [0.4, 0.5) is 0 Å². The molecule has 1 N–H and O–H groups in total. The largest absolute Gasteiger partial charge is 0.292 e. The molecule has 4 heteroatoms. The number of amides is 2. The Kier molecular flexibility index (Phi) is 3.14. The van der Waals surface area contributed by atoms with Crippen LogP contribution in [0, 0.1) is 5.92 Å². The molecule has 1 atom stereocenters. The zero-order valence-electron chi connectivity index (χ0n) is 8.01. The molecule has 0 aliphatic carbocycles. The molecule has 1 heterocycles. The Morgan fingerprint density at radius 2 is 2.15 bits per heavy atom. The summed E-state index contributed by atoms with van der Waals surface area (Å²) in [4.78, 5) is 23.4. The third-order valence-corrected chi connectivity index (χ3v) is 2.99. The smallest absolute Gasteiger partial charge is 0.255 e. The Labute approximate surface area is 82.0 Å². The Balaban J connectivity index is 2.96. The summed E-state index contributed by atoms with van der Waals surface area (Å²) in [6.07, 6.45) is 0. The van der Waals surface area contributed by atoms with Gasteiger partial charge in [-0.25, -0.2) is 0 Å². The maximum Gasteiger partial charge on any atom is 0.255 e. The molecule has 0 aromatic carbocycles. The zero-order chi connectivity index (χ0) is 10.0. The average Bonchev–Trinajstić information content (AvgIpc) is 2.27. The Hall–Kier alpha value is -0.770. The van der Waals surface area contributed by atoms with Crippen LogP contribution >= 0.6 is 11.8 Å². The first-order valence-electron chi connectivity index (χ1n) is 4.26. The van der Waals surface area contributed by atoms with Crippen molar-refractivity contribution >= 4 is 23.6 Å². The van der Waals surface area contributed by atoms with Gasteiger partial charge in [-0.1, -0.05) is 6.92 Å². The molecule has 1 unspecified atom stereocenters.